The Balaban J connectivity index is 1.38. The maximum absolute atomic E-state index is 13.1. The normalized spacial score (nSPS) is 25.6. The zero-order valence-corrected chi connectivity index (χ0v) is 15.9. The Bertz CT molecular complexity index is 788. The van der Waals surface area contributed by atoms with Crippen LogP contribution in [0.25, 0.3) is 0 Å². The Kier molecular flexibility index (Phi) is 5.13. The summed E-state index contributed by atoms with van der Waals surface area (Å²) < 4.78 is 7.28. The molecule has 0 aliphatic carbocycles. The van der Waals surface area contributed by atoms with Gasteiger partial charge in [-0.15, -0.1) is 0 Å². The number of hydrogen-bond donors (Lipinski definition) is 2. The van der Waals surface area contributed by atoms with Crippen molar-refractivity contribution in [2.24, 2.45) is 7.05 Å². The number of aromatic nitrogens is 2. The number of ether oxygens (including phenoxy) is 1. The number of carbonyl (C=O) groups is 1. The Morgan fingerprint density at radius 3 is 2.78 bits per heavy atom. The molecular formula is C20H27N5O2. The average Bonchev–Trinajstić information content (AvgIpc) is 3.37. The summed E-state index contributed by atoms with van der Waals surface area (Å²) in [5.74, 6) is 2.40. The SMILES string of the molecule is COc1ccc(C2CC(C(=O)N3CCCC(c4nccn4C)C3)NN2)cc1. The molecule has 1 amide bonds. The van der Waals surface area contributed by atoms with Crippen molar-refractivity contribution in [3.05, 3.63) is 48.0 Å². The van der Waals surface area contributed by atoms with Crippen LogP contribution in [0.4, 0.5) is 0 Å². The lowest BCUT2D eigenvalue weighted by Gasteiger charge is -2.34. The van der Waals surface area contributed by atoms with E-state index in [1.54, 1.807) is 7.11 Å². The second-order valence-corrected chi connectivity index (χ2v) is 7.42. The standard InChI is InChI=1S/C20H27N5O2/c1-24-11-9-21-19(24)15-4-3-10-25(13-15)20(26)18-12-17(22-23-18)14-5-7-16(27-2)8-6-14/h5-9,11,15,17-18,22-23H,3-4,10,12-13H2,1-2H3. The second kappa shape index (κ2) is 7.70. The van der Waals surface area contributed by atoms with Gasteiger partial charge < -0.3 is 14.2 Å². The van der Waals surface area contributed by atoms with Crippen LogP contribution in [0.2, 0.25) is 0 Å². The number of amides is 1. The molecule has 144 valence electrons. The number of benzene rings is 1. The second-order valence-electron chi connectivity index (χ2n) is 7.42. The van der Waals surface area contributed by atoms with Crippen LogP contribution in [0.5, 0.6) is 5.75 Å². The van der Waals surface area contributed by atoms with E-state index in [4.69, 9.17) is 4.74 Å². The molecule has 1 aromatic carbocycles. The minimum Gasteiger partial charge on any atom is -0.497 e. The molecule has 27 heavy (non-hydrogen) atoms. The number of aryl methyl sites for hydroxylation is 1. The number of likely N-dealkylation sites (tertiary alicyclic amines) is 1. The summed E-state index contributed by atoms with van der Waals surface area (Å²) in [6.07, 6.45) is 6.65. The topological polar surface area (TPSA) is 71.4 Å². The van der Waals surface area contributed by atoms with E-state index in [2.05, 4.69) is 20.4 Å². The summed E-state index contributed by atoms with van der Waals surface area (Å²) in [6, 6.07) is 7.92. The molecule has 3 atom stereocenters. The van der Waals surface area contributed by atoms with Gasteiger partial charge in [0.05, 0.1) is 7.11 Å². The van der Waals surface area contributed by atoms with Gasteiger partial charge in [-0.05, 0) is 37.0 Å². The Hall–Kier alpha value is -2.38. The first kappa shape index (κ1) is 18.0. The van der Waals surface area contributed by atoms with E-state index >= 15 is 0 Å². The molecule has 0 radical (unpaired) electrons. The quantitative estimate of drug-likeness (QED) is 0.859. The lowest BCUT2D eigenvalue weighted by molar-refractivity contribution is -0.134. The van der Waals surface area contributed by atoms with Crippen LogP contribution in [0.3, 0.4) is 0 Å². The number of nitrogens with zero attached hydrogens (tertiary/aromatic N) is 3. The van der Waals surface area contributed by atoms with E-state index in [1.807, 2.05) is 48.6 Å². The molecule has 2 aliphatic rings. The van der Waals surface area contributed by atoms with Crippen LogP contribution in [0.15, 0.2) is 36.7 Å². The summed E-state index contributed by atoms with van der Waals surface area (Å²) in [4.78, 5) is 19.5. The van der Waals surface area contributed by atoms with Crippen molar-refractivity contribution in [2.75, 3.05) is 20.2 Å². The molecule has 4 rings (SSSR count). The van der Waals surface area contributed by atoms with Crippen LogP contribution >= 0.6 is 0 Å². The van der Waals surface area contributed by atoms with Gasteiger partial charge in [0, 0.05) is 44.5 Å². The predicted octanol–water partition coefficient (Wildman–Crippen LogP) is 1.74. The van der Waals surface area contributed by atoms with Crippen molar-refractivity contribution >= 4 is 5.91 Å². The number of imidazole rings is 1. The molecule has 2 aliphatic heterocycles. The van der Waals surface area contributed by atoms with Gasteiger partial charge in [0.2, 0.25) is 5.91 Å². The van der Waals surface area contributed by atoms with E-state index in [0.717, 1.165) is 49.5 Å². The summed E-state index contributed by atoms with van der Waals surface area (Å²) in [5, 5.41) is 0. The Morgan fingerprint density at radius 2 is 2.07 bits per heavy atom. The Morgan fingerprint density at radius 1 is 1.26 bits per heavy atom. The molecule has 0 bridgehead atoms. The average molecular weight is 369 g/mol. The highest BCUT2D eigenvalue weighted by Crippen LogP contribution is 2.28. The van der Waals surface area contributed by atoms with E-state index in [9.17, 15) is 4.79 Å². The first-order valence-electron chi connectivity index (χ1n) is 9.56. The van der Waals surface area contributed by atoms with Crippen LogP contribution in [0.1, 0.15) is 42.6 Å². The zero-order chi connectivity index (χ0) is 18.8. The predicted molar refractivity (Wildman–Crippen MR) is 102 cm³/mol. The lowest BCUT2D eigenvalue weighted by Crippen LogP contribution is -2.48. The molecular weight excluding hydrogens is 342 g/mol. The largest absolute Gasteiger partial charge is 0.497 e. The third-order valence-electron chi connectivity index (χ3n) is 5.68. The van der Waals surface area contributed by atoms with Crippen LogP contribution in [0, 0.1) is 0 Å². The molecule has 2 N–H and O–H groups in total. The van der Waals surface area contributed by atoms with Gasteiger partial charge >= 0.3 is 0 Å². The molecule has 2 saturated heterocycles. The maximum Gasteiger partial charge on any atom is 0.241 e. The number of hydrogen-bond acceptors (Lipinski definition) is 5. The molecule has 0 spiro atoms. The van der Waals surface area contributed by atoms with Gasteiger partial charge in [-0.3, -0.25) is 4.79 Å². The smallest absolute Gasteiger partial charge is 0.241 e. The highest BCUT2D eigenvalue weighted by Gasteiger charge is 2.35. The van der Waals surface area contributed by atoms with Crippen molar-refractivity contribution < 1.29 is 9.53 Å². The number of carbonyl (C=O) groups excluding carboxylic acids is 1. The molecule has 3 heterocycles. The fourth-order valence-corrected chi connectivity index (χ4v) is 4.15. The number of piperidine rings is 1. The minimum atomic E-state index is -0.197. The third kappa shape index (κ3) is 3.70. The lowest BCUT2D eigenvalue weighted by atomic mass is 9.95. The fourth-order valence-electron chi connectivity index (χ4n) is 4.15. The molecule has 2 fully saturated rings. The molecule has 0 saturated carbocycles. The molecule has 7 nitrogen and oxygen atoms in total. The molecule has 1 aromatic heterocycles. The van der Waals surface area contributed by atoms with E-state index in [-0.39, 0.29) is 18.0 Å². The van der Waals surface area contributed by atoms with Crippen molar-refractivity contribution in [1.29, 1.82) is 0 Å². The van der Waals surface area contributed by atoms with E-state index in [1.165, 1.54) is 0 Å². The molecule has 3 unspecified atom stereocenters. The van der Waals surface area contributed by atoms with Crippen molar-refractivity contribution in [3.8, 4) is 5.75 Å². The summed E-state index contributed by atoms with van der Waals surface area (Å²) in [5.41, 5.74) is 7.63. The summed E-state index contributed by atoms with van der Waals surface area (Å²) >= 11 is 0. The molecule has 2 aromatic rings. The number of methoxy groups -OCH3 is 1. The third-order valence-corrected chi connectivity index (χ3v) is 5.68. The van der Waals surface area contributed by atoms with Gasteiger partial charge in [-0.1, -0.05) is 12.1 Å². The molecule has 7 heteroatoms. The van der Waals surface area contributed by atoms with Crippen LogP contribution in [-0.4, -0.2) is 46.6 Å². The number of nitrogens with one attached hydrogen (secondary N) is 2. The van der Waals surface area contributed by atoms with Crippen molar-refractivity contribution in [1.82, 2.24) is 25.3 Å². The van der Waals surface area contributed by atoms with Gasteiger partial charge in [0.15, 0.2) is 0 Å². The first-order chi connectivity index (χ1) is 13.2. The minimum absolute atomic E-state index is 0.125. The zero-order valence-electron chi connectivity index (χ0n) is 15.9. The van der Waals surface area contributed by atoms with Gasteiger partial charge in [-0.2, -0.15) is 0 Å². The van der Waals surface area contributed by atoms with E-state index < -0.39 is 0 Å². The first-order valence-corrected chi connectivity index (χ1v) is 9.56. The monoisotopic (exact) mass is 369 g/mol. The maximum atomic E-state index is 13.1. The van der Waals surface area contributed by atoms with Crippen LogP contribution in [-0.2, 0) is 11.8 Å². The summed E-state index contributed by atoms with van der Waals surface area (Å²) in [7, 11) is 3.68. The highest BCUT2D eigenvalue weighted by atomic mass is 16.5. The fraction of sp³-hybridized carbons (Fsp3) is 0.500. The van der Waals surface area contributed by atoms with Crippen LogP contribution < -0.4 is 15.6 Å². The van der Waals surface area contributed by atoms with Crippen molar-refractivity contribution in [3.63, 3.8) is 0 Å². The highest BCUT2D eigenvalue weighted by molar-refractivity contribution is 5.82. The van der Waals surface area contributed by atoms with Crippen molar-refractivity contribution in [2.45, 2.75) is 37.3 Å². The van der Waals surface area contributed by atoms with E-state index in [0.29, 0.717) is 5.92 Å². The number of rotatable bonds is 4. The van der Waals surface area contributed by atoms with Gasteiger partial charge in [0.1, 0.15) is 17.6 Å². The number of hydrazine groups is 1. The van der Waals surface area contributed by atoms with Gasteiger partial charge in [-0.25, -0.2) is 15.8 Å². The van der Waals surface area contributed by atoms with Gasteiger partial charge in [0.25, 0.3) is 0 Å². The Labute approximate surface area is 159 Å². The summed E-state index contributed by atoms with van der Waals surface area (Å²) in [6.45, 7) is 1.57.